The van der Waals surface area contributed by atoms with Crippen molar-refractivity contribution in [3.8, 4) is 0 Å². The molecule has 1 aromatic heterocycles. The van der Waals surface area contributed by atoms with Crippen LogP contribution >= 0.6 is 0 Å². The average Bonchev–Trinajstić information content (AvgIpc) is 3.41. The second-order valence-electron chi connectivity index (χ2n) is 7.21. The van der Waals surface area contributed by atoms with Gasteiger partial charge >= 0.3 is 5.97 Å². The van der Waals surface area contributed by atoms with Gasteiger partial charge in [-0.15, -0.1) is 0 Å². The summed E-state index contributed by atoms with van der Waals surface area (Å²) in [5, 5.41) is 7.53. The Bertz CT molecular complexity index is 898. The van der Waals surface area contributed by atoms with E-state index in [1.165, 1.54) is 14.2 Å². The Morgan fingerprint density at radius 2 is 1.96 bits per heavy atom. The quantitative estimate of drug-likeness (QED) is 0.599. The zero-order valence-electron chi connectivity index (χ0n) is 15.7. The lowest BCUT2D eigenvalue weighted by Gasteiger charge is -2.32. The largest absolute Gasteiger partial charge is 0.467 e. The standard InChI is InChI=1S/C20H22N4O4/c1-23-17(25)15-14(9-12-24-11-6-10-21-24)22-20(19(27)28-2,16(15)18(23)26)13-7-4-3-5-8-13/h3-8,10-11,14-16,22H,9,12H2,1-2H3/t14-,15+,16-,20-/m0/s1. The van der Waals surface area contributed by atoms with E-state index >= 15 is 0 Å². The van der Waals surface area contributed by atoms with Gasteiger partial charge < -0.3 is 4.74 Å². The number of fused-ring (bicyclic) bond motifs is 1. The fourth-order valence-electron chi connectivity index (χ4n) is 4.55. The SMILES string of the molecule is COC(=O)[C@@]1(c2ccccc2)N[C@@H](CCn2cccn2)[C@H]2C(=O)N(C)C(=O)[C@H]21. The Hall–Kier alpha value is -3.00. The van der Waals surface area contributed by atoms with Crippen LogP contribution in [-0.4, -0.2) is 52.7 Å². The van der Waals surface area contributed by atoms with Crippen molar-refractivity contribution in [2.45, 2.75) is 24.5 Å². The Balaban J connectivity index is 1.78. The van der Waals surface area contributed by atoms with Crippen LogP contribution in [0.2, 0.25) is 0 Å². The van der Waals surface area contributed by atoms with Gasteiger partial charge in [0.05, 0.1) is 18.9 Å². The molecule has 0 radical (unpaired) electrons. The molecular formula is C20H22N4O4. The molecule has 28 heavy (non-hydrogen) atoms. The van der Waals surface area contributed by atoms with Crippen molar-refractivity contribution in [1.82, 2.24) is 20.0 Å². The number of likely N-dealkylation sites (tertiary alicyclic amines) is 1. The summed E-state index contributed by atoms with van der Waals surface area (Å²) in [5.41, 5.74) is -0.776. The van der Waals surface area contributed by atoms with Gasteiger partial charge in [0, 0.05) is 32.0 Å². The van der Waals surface area contributed by atoms with Crippen LogP contribution < -0.4 is 5.32 Å². The minimum absolute atomic E-state index is 0.269. The van der Waals surface area contributed by atoms with Crippen LogP contribution in [0.4, 0.5) is 0 Å². The van der Waals surface area contributed by atoms with E-state index in [0.29, 0.717) is 18.5 Å². The molecular weight excluding hydrogens is 360 g/mol. The van der Waals surface area contributed by atoms with Crippen LogP contribution in [0.15, 0.2) is 48.8 Å². The molecule has 8 heteroatoms. The summed E-state index contributed by atoms with van der Waals surface area (Å²) in [6.45, 7) is 0.561. The van der Waals surface area contributed by atoms with Crippen LogP contribution in [-0.2, 0) is 31.2 Å². The van der Waals surface area contributed by atoms with Crippen LogP contribution in [0.3, 0.4) is 0 Å². The molecule has 8 nitrogen and oxygen atoms in total. The van der Waals surface area contributed by atoms with Gasteiger partial charge in [-0.25, -0.2) is 4.79 Å². The molecule has 4 atom stereocenters. The number of methoxy groups -OCH3 is 1. The number of aromatic nitrogens is 2. The predicted octanol–water partition coefficient (Wildman–Crippen LogP) is 0.544. The van der Waals surface area contributed by atoms with E-state index in [0.717, 1.165) is 4.90 Å². The first kappa shape index (κ1) is 18.4. The molecule has 1 N–H and O–H groups in total. The summed E-state index contributed by atoms with van der Waals surface area (Å²) < 4.78 is 6.88. The molecule has 2 aromatic rings. The number of aryl methyl sites for hydroxylation is 1. The summed E-state index contributed by atoms with van der Waals surface area (Å²) in [6.07, 6.45) is 4.07. The van der Waals surface area contributed by atoms with Gasteiger partial charge in [-0.2, -0.15) is 5.10 Å². The molecule has 2 aliphatic rings. The number of rotatable bonds is 5. The molecule has 2 saturated heterocycles. The molecule has 146 valence electrons. The van der Waals surface area contributed by atoms with E-state index in [2.05, 4.69) is 10.4 Å². The highest BCUT2D eigenvalue weighted by atomic mass is 16.5. The number of hydrogen-bond donors (Lipinski definition) is 1. The predicted molar refractivity (Wildman–Crippen MR) is 98.7 cm³/mol. The number of imide groups is 1. The van der Waals surface area contributed by atoms with Crippen LogP contribution in [0.5, 0.6) is 0 Å². The normalized spacial score (nSPS) is 29.2. The number of nitrogens with one attached hydrogen (secondary N) is 1. The number of esters is 1. The Labute approximate surface area is 162 Å². The number of nitrogens with zero attached hydrogens (tertiary/aromatic N) is 3. The summed E-state index contributed by atoms with van der Waals surface area (Å²) in [6, 6.07) is 10.5. The molecule has 0 unspecified atom stereocenters. The van der Waals surface area contributed by atoms with Crippen molar-refractivity contribution in [2.75, 3.05) is 14.2 Å². The first-order valence-electron chi connectivity index (χ1n) is 9.21. The third kappa shape index (κ3) is 2.56. The highest BCUT2D eigenvalue weighted by molar-refractivity contribution is 6.09. The van der Waals surface area contributed by atoms with E-state index in [-0.39, 0.29) is 17.9 Å². The van der Waals surface area contributed by atoms with Gasteiger partial charge in [-0.3, -0.25) is 24.5 Å². The van der Waals surface area contributed by atoms with Gasteiger partial charge in [0.15, 0.2) is 5.54 Å². The van der Waals surface area contributed by atoms with Gasteiger partial charge in [-0.05, 0) is 18.1 Å². The van der Waals surface area contributed by atoms with Crippen molar-refractivity contribution in [3.05, 3.63) is 54.4 Å². The average molecular weight is 382 g/mol. The Morgan fingerprint density at radius 1 is 1.21 bits per heavy atom. The van der Waals surface area contributed by atoms with Crippen molar-refractivity contribution in [3.63, 3.8) is 0 Å². The third-order valence-corrected chi connectivity index (χ3v) is 5.85. The maximum absolute atomic E-state index is 13.0. The fraction of sp³-hybridized carbons (Fsp3) is 0.400. The lowest BCUT2D eigenvalue weighted by Crippen LogP contribution is -2.54. The van der Waals surface area contributed by atoms with Gasteiger partial charge in [0.25, 0.3) is 0 Å². The summed E-state index contributed by atoms with van der Waals surface area (Å²) in [5.74, 6) is -2.67. The highest BCUT2D eigenvalue weighted by Crippen LogP contribution is 2.49. The second-order valence-corrected chi connectivity index (χ2v) is 7.21. The number of carbonyl (C=O) groups is 3. The summed E-state index contributed by atoms with van der Waals surface area (Å²) >= 11 is 0. The molecule has 4 rings (SSSR count). The molecule has 3 heterocycles. The maximum atomic E-state index is 13.0. The van der Waals surface area contributed by atoms with Crippen LogP contribution in [0.1, 0.15) is 12.0 Å². The van der Waals surface area contributed by atoms with E-state index in [1.54, 1.807) is 35.1 Å². The minimum Gasteiger partial charge on any atom is -0.467 e. The van der Waals surface area contributed by atoms with Gasteiger partial charge in [0.2, 0.25) is 11.8 Å². The zero-order chi connectivity index (χ0) is 19.9. The molecule has 0 saturated carbocycles. The van der Waals surface area contributed by atoms with E-state index in [4.69, 9.17) is 4.74 Å². The first-order valence-corrected chi connectivity index (χ1v) is 9.21. The Morgan fingerprint density at radius 3 is 2.61 bits per heavy atom. The van der Waals surface area contributed by atoms with E-state index in [1.807, 2.05) is 18.3 Å². The Kier molecular flexibility index (Phi) is 4.50. The highest BCUT2D eigenvalue weighted by Gasteiger charge is 2.68. The summed E-state index contributed by atoms with van der Waals surface area (Å²) in [4.78, 5) is 40.1. The smallest absolute Gasteiger partial charge is 0.331 e. The summed E-state index contributed by atoms with van der Waals surface area (Å²) in [7, 11) is 2.77. The van der Waals surface area contributed by atoms with Crippen molar-refractivity contribution >= 4 is 17.8 Å². The number of ether oxygens (including phenoxy) is 1. The second kappa shape index (κ2) is 6.87. The number of amides is 2. The van der Waals surface area contributed by atoms with Crippen LogP contribution in [0, 0.1) is 11.8 Å². The molecule has 2 aliphatic heterocycles. The lowest BCUT2D eigenvalue weighted by molar-refractivity contribution is -0.154. The molecule has 2 amide bonds. The lowest BCUT2D eigenvalue weighted by atomic mass is 9.75. The number of hydrogen-bond acceptors (Lipinski definition) is 6. The van der Waals surface area contributed by atoms with Crippen LogP contribution in [0.25, 0.3) is 0 Å². The number of carbonyl (C=O) groups excluding carboxylic acids is 3. The van der Waals surface area contributed by atoms with Crippen molar-refractivity contribution < 1.29 is 19.1 Å². The first-order chi connectivity index (χ1) is 13.5. The third-order valence-electron chi connectivity index (χ3n) is 5.85. The van der Waals surface area contributed by atoms with E-state index < -0.39 is 23.3 Å². The van der Waals surface area contributed by atoms with E-state index in [9.17, 15) is 14.4 Å². The molecule has 2 fully saturated rings. The zero-order valence-corrected chi connectivity index (χ0v) is 15.7. The van der Waals surface area contributed by atoms with Crippen molar-refractivity contribution in [1.29, 1.82) is 0 Å². The molecule has 0 spiro atoms. The van der Waals surface area contributed by atoms with Gasteiger partial charge in [0.1, 0.15) is 0 Å². The molecule has 1 aromatic carbocycles. The monoisotopic (exact) mass is 382 g/mol. The van der Waals surface area contributed by atoms with Crippen molar-refractivity contribution in [2.24, 2.45) is 11.8 Å². The molecule has 0 aliphatic carbocycles. The fourth-order valence-corrected chi connectivity index (χ4v) is 4.55. The maximum Gasteiger partial charge on any atom is 0.331 e. The number of benzene rings is 1. The molecule has 0 bridgehead atoms. The topological polar surface area (TPSA) is 93.5 Å². The minimum atomic E-state index is -1.40. The van der Waals surface area contributed by atoms with Gasteiger partial charge in [-0.1, -0.05) is 30.3 Å².